The molecule has 1 saturated carbocycles. The van der Waals surface area contributed by atoms with Crippen LogP contribution in [0.25, 0.3) is 0 Å². The van der Waals surface area contributed by atoms with Crippen molar-refractivity contribution in [3.8, 4) is 0 Å². The third-order valence-electron chi connectivity index (χ3n) is 4.55. The summed E-state index contributed by atoms with van der Waals surface area (Å²) in [5.74, 6) is 1.00. The highest BCUT2D eigenvalue weighted by molar-refractivity contribution is 5.70. The summed E-state index contributed by atoms with van der Waals surface area (Å²) < 4.78 is 10.3. The molecule has 5 nitrogen and oxygen atoms in total. The van der Waals surface area contributed by atoms with Gasteiger partial charge in [-0.3, -0.25) is 4.79 Å². The summed E-state index contributed by atoms with van der Waals surface area (Å²) in [6.45, 7) is 7.06. The number of esters is 1. The molecule has 2 atom stereocenters. The number of piperidine rings is 1. The van der Waals surface area contributed by atoms with E-state index in [-0.39, 0.29) is 12.1 Å². The zero-order valence-electron chi connectivity index (χ0n) is 13.6. The van der Waals surface area contributed by atoms with Gasteiger partial charge in [-0.15, -0.1) is 0 Å². The summed E-state index contributed by atoms with van der Waals surface area (Å²) in [4.78, 5) is 25.7. The number of hydrogen-bond donors (Lipinski definition) is 0. The van der Waals surface area contributed by atoms with Crippen LogP contribution < -0.4 is 0 Å². The molecule has 2 unspecified atom stereocenters. The summed E-state index contributed by atoms with van der Waals surface area (Å²) in [5.41, 5.74) is -0.463. The Hall–Kier alpha value is -1.26. The minimum absolute atomic E-state index is 0.136. The molecular formula is C16H27NO4. The summed E-state index contributed by atoms with van der Waals surface area (Å²) in [6, 6.07) is 0. The van der Waals surface area contributed by atoms with Crippen LogP contribution in [0.3, 0.4) is 0 Å². The predicted octanol–water partition coefficient (Wildman–Crippen LogP) is 2.83. The SMILES string of the molecule is COC(=O)CC1C2CCCC1CN(C(=O)OC(C)(C)C)C2. The first kappa shape index (κ1) is 16.1. The Morgan fingerprint density at radius 1 is 1.14 bits per heavy atom. The Balaban J connectivity index is 2.00. The van der Waals surface area contributed by atoms with Gasteiger partial charge < -0.3 is 14.4 Å². The lowest BCUT2D eigenvalue weighted by atomic mass is 9.68. The largest absolute Gasteiger partial charge is 0.469 e. The van der Waals surface area contributed by atoms with Crippen molar-refractivity contribution in [3.63, 3.8) is 0 Å². The van der Waals surface area contributed by atoms with E-state index in [0.29, 0.717) is 37.3 Å². The predicted molar refractivity (Wildman–Crippen MR) is 78.8 cm³/mol. The van der Waals surface area contributed by atoms with E-state index in [2.05, 4.69) is 0 Å². The molecule has 1 aliphatic heterocycles. The Bertz CT molecular complexity index is 388. The van der Waals surface area contributed by atoms with Gasteiger partial charge in [0.2, 0.25) is 0 Å². The molecule has 0 aromatic rings. The smallest absolute Gasteiger partial charge is 0.410 e. The number of hydrogen-bond acceptors (Lipinski definition) is 4. The van der Waals surface area contributed by atoms with E-state index in [0.717, 1.165) is 12.8 Å². The molecule has 0 spiro atoms. The van der Waals surface area contributed by atoms with Gasteiger partial charge >= 0.3 is 12.1 Å². The van der Waals surface area contributed by atoms with Crippen LogP contribution in [0.2, 0.25) is 0 Å². The van der Waals surface area contributed by atoms with E-state index in [9.17, 15) is 9.59 Å². The van der Waals surface area contributed by atoms with Gasteiger partial charge in [0.1, 0.15) is 5.60 Å². The molecule has 2 aliphatic rings. The molecule has 2 rings (SSSR count). The maximum absolute atomic E-state index is 12.2. The minimum atomic E-state index is -0.463. The lowest BCUT2D eigenvalue weighted by Crippen LogP contribution is -2.52. The highest BCUT2D eigenvalue weighted by Gasteiger charge is 2.42. The number of methoxy groups -OCH3 is 1. The zero-order valence-corrected chi connectivity index (χ0v) is 13.6. The highest BCUT2D eigenvalue weighted by Crippen LogP contribution is 2.42. The van der Waals surface area contributed by atoms with Crippen LogP contribution in [-0.4, -0.2) is 42.8 Å². The van der Waals surface area contributed by atoms with Crippen molar-refractivity contribution in [2.24, 2.45) is 17.8 Å². The van der Waals surface area contributed by atoms with Gasteiger partial charge in [-0.05, 0) is 51.4 Å². The van der Waals surface area contributed by atoms with Crippen molar-refractivity contribution in [2.45, 2.75) is 52.1 Å². The second kappa shape index (κ2) is 6.24. The molecule has 1 saturated heterocycles. The van der Waals surface area contributed by atoms with Crippen LogP contribution in [0.5, 0.6) is 0 Å². The van der Waals surface area contributed by atoms with Crippen LogP contribution in [0, 0.1) is 17.8 Å². The topological polar surface area (TPSA) is 55.8 Å². The molecule has 120 valence electrons. The van der Waals surface area contributed by atoms with Crippen molar-refractivity contribution in [1.82, 2.24) is 4.90 Å². The van der Waals surface area contributed by atoms with Crippen LogP contribution in [-0.2, 0) is 14.3 Å². The Morgan fingerprint density at radius 2 is 1.71 bits per heavy atom. The molecule has 1 aliphatic carbocycles. The average Bonchev–Trinajstić information content (AvgIpc) is 2.35. The van der Waals surface area contributed by atoms with Crippen molar-refractivity contribution in [2.75, 3.05) is 20.2 Å². The molecule has 2 fully saturated rings. The second-order valence-corrected chi connectivity index (χ2v) is 7.28. The number of likely N-dealkylation sites (tertiary alicyclic amines) is 1. The van der Waals surface area contributed by atoms with Crippen LogP contribution in [0.1, 0.15) is 46.5 Å². The minimum Gasteiger partial charge on any atom is -0.469 e. The van der Waals surface area contributed by atoms with Gasteiger partial charge in [-0.1, -0.05) is 6.42 Å². The number of carbonyl (C=O) groups excluding carboxylic acids is 2. The molecule has 0 aromatic carbocycles. The Kier molecular flexibility index (Phi) is 4.79. The molecule has 1 amide bonds. The third kappa shape index (κ3) is 4.11. The summed E-state index contributed by atoms with van der Waals surface area (Å²) >= 11 is 0. The lowest BCUT2D eigenvalue weighted by molar-refractivity contribution is -0.144. The number of amides is 1. The third-order valence-corrected chi connectivity index (χ3v) is 4.55. The summed E-state index contributed by atoms with van der Waals surface area (Å²) in [6.07, 6.45) is 3.61. The standard InChI is InChI=1S/C16H27NO4/c1-16(2,3)21-15(19)17-9-11-6-5-7-12(10-17)13(11)8-14(18)20-4/h11-13H,5-10H2,1-4H3. The first-order valence-corrected chi connectivity index (χ1v) is 7.85. The number of fused-ring (bicyclic) bond motifs is 2. The van der Waals surface area contributed by atoms with Crippen molar-refractivity contribution in [1.29, 1.82) is 0 Å². The van der Waals surface area contributed by atoms with E-state index in [1.807, 2.05) is 25.7 Å². The van der Waals surface area contributed by atoms with Crippen LogP contribution in [0.15, 0.2) is 0 Å². The van der Waals surface area contributed by atoms with Gasteiger partial charge in [0.15, 0.2) is 0 Å². The van der Waals surface area contributed by atoms with Crippen LogP contribution >= 0.6 is 0 Å². The number of rotatable bonds is 2. The zero-order chi connectivity index (χ0) is 15.6. The van der Waals surface area contributed by atoms with E-state index < -0.39 is 5.60 Å². The van der Waals surface area contributed by atoms with E-state index in [4.69, 9.17) is 9.47 Å². The van der Waals surface area contributed by atoms with E-state index in [1.165, 1.54) is 13.5 Å². The maximum Gasteiger partial charge on any atom is 0.410 e. The molecule has 5 heteroatoms. The van der Waals surface area contributed by atoms with Crippen molar-refractivity contribution < 1.29 is 19.1 Å². The normalized spacial score (nSPS) is 29.0. The fourth-order valence-electron chi connectivity index (χ4n) is 3.63. The van der Waals surface area contributed by atoms with Gasteiger partial charge in [0.25, 0.3) is 0 Å². The lowest BCUT2D eigenvalue weighted by Gasteiger charge is -2.47. The molecular weight excluding hydrogens is 270 g/mol. The number of ether oxygens (including phenoxy) is 2. The first-order chi connectivity index (χ1) is 9.80. The Morgan fingerprint density at radius 3 is 2.19 bits per heavy atom. The molecule has 21 heavy (non-hydrogen) atoms. The first-order valence-electron chi connectivity index (χ1n) is 7.85. The second-order valence-electron chi connectivity index (χ2n) is 7.28. The van der Waals surface area contributed by atoms with Crippen molar-refractivity contribution >= 4 is 12.1 Å². The number of nitrogens with zero attached hydrogens (tertiary/aromatic N) is 1. The van der Waals surface area contributed by atoms with E-state index >= 15 is 0 Å². The van der Waals surface area contributed by atoms with E-state index in [1.54, 1.807) is 0 Å². The molecule has 1 heterocycles. The molecule has 0 aromatic heterocycles. The summed E-state index contributed by atoms with van der Waals surface area (Å²) in [5, 5.41) is 0. The molecule has 2 bridgehead atoms. The number of carbonyl (C=O) groups is 2. The molecule has 0 N–H and O–H groups in total. The van der Waals surface area contributed by atoms with Crippen LogP contribution in [0.4, 0.5) is 4.79 Å². The van der Waals surface area contributed by atoms with Gasteiger partial charge in [-0.25, -0.2) is 4.79 Å². The average molecular weight is 297 g/mol. The van der Waals surface area contributed by atoms with Gasteiger partial charge in [0.05, 0.1) is 7.11 Å². The molecule has 0 radical (unpaired) electrons. The highest BCUT2D eigenvalue weighted by atomic mass is 16.6. The fraction of sp³-hybridized carbons (Fsp3) is 0.875. The maximum atomic E-state index is 12.2. The quantitative estimate of drug-likeness (QED) is 0.735. The fourth-order valence-corrected chi connectivity index (χ4v) is 3.63. The van der Waals surface area contributed by atoms with Gasteiger partial charge in [-0.2, -0.15) is 0 Å². The van der Waals surface area contributed by atoms with Crippen molar-refractivity contribution in [3.05, 3.63) is 0 Å². The van der Waals surface area contributed by atoms with Gasteiger partial charge in [0, 0.05) is 19.5 Å². The summed E-state index contributed by atoms with van der Waals surface area (Å²) in [7, 11) is 1.44. The monoisotopic (exact) mass is 297 g/mol. The Labute approximate surface area is 127 Å².